The number of halogens is 1. The number of anilines is 1. The first kappa shape index (κ1) is 19.3. The summed E-state index contributed by atoms with van der Waals surface area (Å²) in [5, 5.41) is 18.4. The molecule has 3 aromatic heterocycles. The first-order valence-corrected chi connectivity index (χ1v) is 10.6. The van der Waals surface area contributed by atoms with Gasteiger partial charge in [-0.2, -0.15) is 0 Å². The van der Waals surface area contributed by atoms with Crippen LogP contribution in [0, 0.1) is 11.7 Å². The van der Waals surface area contributed by atoms with Crippen LogP contribution in [0.25, 0.3) is 16.4 Å². The molecule has 0 spiro atoms. The van der Waals surface area contributed by atoms with E-state index in [9.17, 15) is 9.18 Å². The molecule has 0 saturated heterocycles. The molecule has 1 N–H and O–H groups in total. The van der Waals surface area contributed by atoms with E-state index in [1.54, 1.807) is 12.1 Å². The number of nitrogens with one attached hydrogen (secondary N) is 1. The molecule has 0 saturated carbocycles. The Balaban J connectivity index is 1.63. The van der Waals surface area contributed by atoms with E-state index in [0.717, 1.165) is 16.3 Å². The van der Waals surface area contributed by atoms with Crippen molar-refractivity contribution in [3.05, 3.63) is 58.4 Å². The minimum absolute atomic E-state index is 0.00154. The number of nitrogens with zero attached hydrogens (tertiary/aromatic N) is 5. The fraction of sp³-hybridized carbons (Fsp3) is 0.211. The molecule has 0 aliphatic heterocycles. The van der Waals surface area contributed by atoms with Gasteiger partial charge in [0, 0.05) is 6.42 Å². The third-order valence-electron chi connectivity index (χ3n) is 3.89. The summed E-state index contributed by atoms with van der Waals surface area (Å²) in [6.45, 7) is 4.19. The fourth-order valence-electron chi connectivity index (χ4n) is 2.62. The molecule has 0 radical (unpaired) electrons. The Morgan fingerprint density at radius 2 is 2.00 bits per heavy atom. The third kappa shape index (κ3) is 4.38. The zero-order valence-corrected chi connectivity index (χ0v) is 17.3. The maximum atomic E-state index is 13.3. The molecule has 0 atom stereocenters. The van der Waals surface area contributed by atoms with Crippen LogP contribution in [0.5, 0.6) is 0 Å². The summed E-state index contributed by atoms with van der Waals surface area (Å²) in [6, 6.07) is 9.64. The van der Waals surface area contributed by atoms with Gasteiger partial charge in [0.05, 0.1) is 10.6 Å². The van der Waals surface area contributed by atoms with Crippen molar-refractivity contribution in [1.82, 2.24) is 25.0 Å². The smallest absolute Gasteiger partial charge is 0.294 e. The molecule has 0 unspecified atom stereocenters. The molecule has 7 nitrogen and oxygen atoms in total. The van der Waals surface area contributed by atoms with Crippen LogP contribution in [0.3, 0.4) is 0 Å². The minimum atomic E-state index is -0.476. The predicted molar refractivity (Wildman–Crippen MR) is 111 cm³/mol. The van der Waals surface area contributed by atoms with E-state index in [4.69, 9.17) is 0 Å². The molecule has 148 valence electrons. The van der Waals surface area contributed by atoms with E-state index in [2.05, 4.69) is 39.4 Å². The largest absolute Gasteiger partial charge is 0.297 e. The Bertz CT molecular complexity index is 1120. The second kappa shape index (κ2) is 8.18. The minimum Gasteiger partial charge on any atom is -0.294 e. The van der Waals surface area contributed by atoms with Crippen LogP contribution in [-0.2, 0) is 6.42 Å². The monoisotopic (exact) mass is 428 g/mol. The van der Waals surface area contributed by atoms with Crippen LogP contribution < -0.4 is 5.32 Å². The van der Waals surface area contributed by atoms with E-state index < -0.39 is 5.91 Å². The summed E-state index contributed by atoms with van der Waals surface area (Å²) >= 11 is 2.81. The summed E-state index contributed by atoms with van der Waals surface area (Å²) in [4.78, 5) is 18.0. The number of amides is 1. The quantitative estimate of drug-likeness (QED) is 0.491. The van der Waals surface area contributed by atoms with E-state index in [-0.39, 0.29) is 11.6 Å². The molecule has 29 heavy (non-hydrogen) atoms. The van der Waals surface area contributed by atoms with E-state index in [1.807, 2.05) is 17.5 Å². The van der Waals surface area contributed by atoms with Gasteiger partial charge in [-0.3, -0.25) is 10.1 Å². The molecule has 0 bridgehead atoms. The van der Waals surface area contributed by atoms with Gasteiger partial charge in [0.15, 0.2) is 5.82 Å². The molecule has 4 aromatic rings. The summed E-state index contributed by atoms with van der Waals surface area (Å²) in [7, 11) is 0. The highest BCUT2D eigenvalue weighted by Gasteiger charge is 2.20. The maximum absolute atomic E-state index is 13.3. The molecule has 10 heteroatoms. The zero-order chi connectivity index (χ0) is 20.4. The topological polar surface area (TPSA) is 85.6 Å². The van der Waals surface area contributed by atoms with Crippen molar-refractivity contribution in [2.45, 2.75) is 20.3 Å². The predicted octanol–water partition coefficient (Wildman–Crippen LogP) is 4.44. The number of carbonyl (C=O) groups is 1. The number of carbonyl (C=O) groups excluding carboxylic acids is 1. The Labute approximate surface area is 174 Å². The van der Waals surface area contributed by atoms with Crippen molar-refractivity contribution in [2.24, 2.45) is 5.92 Å². The number of rotatable bonds is 6. The van der Waals surface area contributed by atoms with Gasteiger partial charge < -0.3 is 0 Å². The highest BCUT2D eigenvalue weighted by atomic mass is 32.1. The molecule has 1 amide bonds. The van der Waals surface area contributed by atoms with Crippen LogP contribution >= 0.6 is 22.7 Å². The molecular formula is C19H17FN6OS2. The van der Waals surface area contributed by atoms with Crippen LogP contribution in [0.2, 0.25) is 0 Å². The average molecular weight is 429 g/mol. The number of thiophene rings is 1. The normalized spacial score (nSPS) is 11.2. The van der Waals surface area contributed by atoms with Gasteiger partial charge in [0.25, 0.3) is 5.91 Å². The van der Waals surface area contributed by atoms with E-state index >= 15 is 0 Å². The summed E-state index contributed by atoms with van der Waals surface area (Å²) in [5.74, 6) is 0.134. The second-order valence-electron chi connectivity index (χ2n) is 6.68. The standard InChI is InChI=1S/C19H17FN6OS2/c1-11(2)10-15-23-24-19(29-15)22-18(27)16-21-17(14-4-3-9-28-14)26(25-16)13-7-5-12(20)6-8-13/h3-9,11H,10H2,1-2H3,(H,22,24,27). The lowest BCUT2D eigenvalue weighted by Crippen LogP contribution is -2.14. The van der Waals surface area contributed by atoms with E-state index in [0.29, 0.717) is 22.6 Å². The Hall–Kier alpha value is -2.98. The molecule has 4 rings (SSSR count). The van der Waals surface area contributed by atoms with Gasteiger partial charge in [-0.05, 0) is 41.6 Å². The lowest BCUT2D eigenvalue weighted by molar-refractivity contribution is 0.101. The van der Waals surface area contributed by atoms with Crippen molar-refractivity contribution in [3.63, 3.8) is 0 Å². The van der Waals surface area contributed by atoms with Gasteiger partial charge in [-0.25, -0.2) is 14.1 Å². The van der Waals surface area contributed by atoms with Crippen LogP contribution in [0.1, 0.15) is 29.5 Å². The number of aromatic nitrogens is 5. The average Bonchev–Trinajstić information content (AvgIpc) is 3.42. The fourth-order valence-corrected chi connectivity index (χ4v) is 4.27. The van der Waals surface area contributed by atoms with Crippen LogP contribution in [-0.4, -0.2) is 30.9 Å². The first-order chi connectivity index (χ1) is 14.0. The SMILES string of the molecule is CC(C)Cc1nnc(NC(=O)c2nc(-c3cccs3)n(-c3ccc(F)cc3)n2)s1. The van der Waals surface area contributed by atoms with Gasteiger partial charge in [0.1, 0.15) is 10.8 Å². The molecular weight excluding hydrogens is 411 g/mol. The summed E-state index contributed by atoms with van der Waals surface area (Å²) < 4.78 is 14.8. The van der Waals surface area contributed by atoms with Crippen molar-refractivity contribution in [2.75, 3.05) is 5.32 Å². The van der Waals surface area contributed by atoms with E-state index in [1.165, 1.54) is 39.5 Å². The highest BCUT2D eigenvalue weighted by molar-refractivity contribution is 7.15. The molecule has 0 aliphatic carbocycles. The molecule has 0 aliphatic rings. The molecule has 0 fully saturated rings. The first-order valence-electron chi connectivity index (χ1n) is 8.90. The summed E-state index contributed by atoms with van der Waals surface area (Å²) in [6.07, 6.45) is 0.799. The molecule has 1 aromatic carbocycles. The van der Waals surface area contributed by atoms with Crippen molar-refractivity contribution in [1.29, 1.82) is 0 Å². The Morgan fingerprint density at radius 3 is 2.69 bits per heavy atom. The summed E-state index contributed by atoms with van der Waals surface area (Å²) in [5.41, 5.74) is 0.608. The van der Waals surface area contributed by atoms with Crippen LogP contribution in [0.15, 0.2) is 41.8 Å². The van der Waals surface area contributed by atoms with Gasteiger partial charge in [-0.15, -0.1) is 26.6 Å². The van der Waals surface area contributed by atoms with Crippen molar-refractivity contribution >= 4 is 33.7 Å². The lowest BCUT2D eigenvalue weighted by atomic mass is 10.1. The zero-order valence-electron chi connectivity index (χ0n) is 15.7. The Morgan fingerprint density at radius 1 is 1.21 bits per heavy atom. The van der Waals surface area contributed by atoms with Gasteiger partial charge >= 0.3 is 0 Å². The van der Waals surface area contributed by atoms with Crippen molar-refractivity contribution < 1.29 is 9.18 Å². The second-order valence-corrected chi connectivity index (χ2v) is 8.69. The van der Waals surface area contributed by atoms with Crippen molar-refractivity contribution in [3.8, 4) is 16.4 Å². The van der Waals surface area contributed by atoms with Gasteiger partial charge in [0.2, 0.25) is 11.0 Å². The molecule has 3 heterocycles. The lowest BCUT2D eigenvalue weighted by Gasteiger charge is -2.03. The maximum Gasteiger partial charge on any atom is 0.297 e. The Kier molecular flexibility index (Phi) is 5.45. The number of benzene rings is 1. The highest BCUT2D eigenvalue weighted by Crippen LogP contribution is 2.26. The third-order valence-corrected chi connectivity index (χ3v) is 5.62. The van der Waals surface area contributed by atoms with Gasteiger partial charge in [-0.1, -0.05) is 31.3 Å². The number of hydrogen-bond acceptors (Lipinski definition) is 7. The number of hydrogen-bond donors (Lipinski definition) is 1. The van der Waals surface area contributed by atoms with Crippen LogP contribution in [0.4, 0.5) is 9.52 Å².